The van der Waals surface area contributed by atoms with Gasteiger partial charge in [0.1, 0.15) is 6.61 Å². The number of hydrogen-bond acceptors (Lipinski definition) is 3. The maximum atomic E-state index is 10.0. The summed E-state index contributed by atoms with van der Waals surface area (Å²) in [6.45, 7) is 0.669. The van der Waals surface area contributed by atoms with Crippen molar-refractivity contribution in [3.8, 4) is 0 Å². The van der Waals surface area contributed by atoms with Crippen molar-refractivity contribution in [3.05, 3.63) is 33.9 Å². The van der Waals surface area contributed by atoms with Crippen LogP contribution in [0.15, 0.2) is 23.8 Å². The van der Waals surface area contributed by atoms with E-state index in [0.29, 0.717) is 18.4 Å². The molecule has 0 aromatic carbocycles. The number of fused-ring (bicyclic) bond motifs is 2. The zero-order valence-electron chi connectivity index (χ0n) is 7.89. The Morgan fingerprint density at radius 2 is 2.43 bits per heavy atom. The molecule has 2 rings (SSSR count). The van der Waals surface area contributed by atoms with E-state index in [1.807, 2.05) is 0 Å². The summed E-state index contributed by atoms with van der Waals surface area (Å²) in [5, 5.41) is 10.0. The molecule has 2 aliphatic rings. The van der Waals surface area contributed by atoms with Crippen molar-refractivity contribution >= 4 is 0 Å². The fourth-order valence-electron chi connectivity index (χ4n) is 2.01. The van der Waals surface area contributed by atoms with Crippen LogP contribution in [0.1, 0.15) is 6.42 Å². The molecule has 2 atom stereocenters. The van der Waals surface area contributed by atoms with Gasteiger partial charge in [0.25, 0.3) is 0 Å². The summed E-state index contributed by atoms with van der Waals surface area (Å²) in [7, 11) is 0. The Bertz CT molecular complexity index is 296. The first-order valence-corrected chi connectivity index (χ1v) is 4.84. The van der Waals surface area contributed by atoms with E-state index in [1.54, 1.807) is 0 Å². The van der Waals surface area contributed by atoms with Crippen molar-refractivity contribution in [1.29, 1.82) is 0 Å². The Morgan fingerprint density at radius 1 is 1.57 bits per heavy atom. The van der Waals surface area contributed by atoms with E-state index in [2.05, 4.69) is 18.2 Å². The maximum Gasteiger partial charge on any atom is 0.226 e. The number of nitrogens with zero attached hydrogens (tertiary/aromatic N) is 1. The second kappa shape index (κ2) is 3.92. The van der Waals surface area contributed by atoms with E-state index in [4.69, 9.17) is 4.74 Å². The quantitative estimate of drug-likeness (QED) is 0.288. The van der Waals surface area contributed by atoms with E-state index < -0.39 is 0 Å². The molecule has 0 saturated carbocycles. The summed E-state index contributed by atoms with van der Waals surface area (Å²) in [6.07, 6.45) is 7.81. The van der Waals surface area contributed by atoms with Gasteiger partial charge in [-0.25, -0.2) is 0 Å². The molecule has 0 radical (unpaired) electrons. The van der Waals surface area contributed by atoms with Gasteiger partial charge in [0.2, 0.25) is 6.54 Å². The summed E-state index contributed by atoms with van der Waals surface area (Å²) < 4.78 is 5.24. The predicted molar refractivity (Wildman–Crippen MR) is 51.5 cm³/mol. The summed E-state index contributed by atoms with van der Waals surface area (Å²) in [5.41, 5.74) is 1.29. The number of ether oxygens (including phenoxy) is 1. The lowest BCUT2D eigenvalue weighted by Crippen LogP contribution is -2.11. The molecule has 0 aromatic rings. The van der Waals surface area contributed by atoms with Crippen LogP contribution in [0.2, 0.25) is 0 Å². The molecule has 0 saturated heterocycles. The summed E-state index contributed by atoms with van der Waals surface area (Å²) >= 11 is 0. The van der Waals surface area contributed by atoms with E-state index >= 15 is 0 Å². The first kappa shape index (κ1) is 9.40. The third-order valence-corrected chi connectivity index (χ3v) is 2.71. The third-order valence-electron chi connectivity index (χ3n) is 2.71. The van der Waals surface area contributed by atoms with Gasteiger partial charge in [-0.2, -0.15) is 0 Å². The van der Waals surface area contributed by atoms with Crippen LogP contribution in [0.3, 0.4) is 0 Å². The first-order valence-electron chi connectivity index (χ1n) is 4.84. The Labute approximate surface area is 82.4 Å². The highest BCUT2D eigenvalue weighted by Crippen LogP contribution is 2.37. The van der Waals surface area contributed by atoms with Crippen LogP contribution in [0.4, 0.5) is 0 Å². The normalized spacial score (nSPS) is 28.1. The fourth-order valence-corrected chi connectivity index (χ4v) is 2.01. The maximum absolute atomic E-state index is 10.0. The predicted octanol–water partition coefficient (Wildman–Crippen LogP) is 1.41. The van der Waals surface area contributed by atoms with Crippen LogP contribution in [0, 0.1) is 22.0 Å². The molecule has 4 nitrogen and oxygen atoms in total. The average Bonchev–Trinajstić information content (AvgIpc) is 2.73. The lowest BCUT2D eigenvalue weighted by atomic mass is 10.0. The van der Waals surface area contributed by atoms with Gasteiger partial charge in [0.15, 0.2) is 0 Å². The van der Waals surface area contributed by atoms with Crippen molar-refractivity contribution in [2.24, 2.45) is 11.8 Å². The molecule has 0 N–H and O–H groups in total. The van der Waals surface area contributed by atoms with E-state index in [1.165, 1.54) is 12.0 Å². The Hall–Kier alpha value is -1.16. The van der Waals surface area contributed by atoms with Gasteiger partial charge < -0.3 is 4.74 Å². The minimum absolute atomic E-state index is 0.1000. The molecule has 0 aliphatic heterocycles. The van der Waals surface area contributed by atoms with E-state index in [9.17, 15) is 10.1 Å². The second-order valence-electron chi connectivity index (χ2n) is 3.74. The Kier molecular flexibility index (Phi) is 2.63. The molecule has 0 fully saturated rings. The number of allylic oxidation sites excluding steroid dienone is 3. The zero-order valence-corrected chi connectivity index (χ0v) is 7.89. The topological polar surface area (TPSA) is 52.4 Å². The van der Waals surface area contributed by atoms with Crippen LogP contribution in [-0.2, 0) is 4.74 Å². The van der Waals surface area contributed by atoms with E-state index in [0.717, 1.165) is 0 Å². The third kappa shape index (κ3) is 2.01. The molecule has 0 amide bonds. The number of hydrogen-bond donors (Lipinski definition) is 0. The smallest absolute Gasteiger partial charge is 0.226 e. The van der Waals surface area contributed by atoms with Crippen molar-refractivity contribution in [1.82, 2.24) is 0 Å². The van der Waals surface area contributed by atoms with Crippen molar-refractivity contribution in [3.63, 3.8) is 0 Å². The van der Waals surface area contributed by atoms with Crippen LogP contribution in [0.5, 0.6) is 0 Å². The zero-order chi connectivity index (χ0) is 9.97. The molecule has 0 aromatic heterocycles. The molecule has 0 spiro atoms. The number of rotatable bonds is 5. The standard InChI is InChI=1S/C10H13NO3/c12-11(13)3-4-14-7-10-6-8-1-2-9(10)5-8/h1-2,6,8-9H,3-5,7H2/t8-,9+/m0/s1. The van der Waals surface area contributed by atoms with Gasteiger partial charge in [0, 0.05) is 10.8 Å². The lowest BCUT2D eigenvalue weighted by molar-refractivity contribution is -0.483. The fraction of sp³-hybridized carbons (Fsp3) is 0.600. The van der Waals surface area contributed by atoms with Gasteiger partial charge in [-0.1, -0.05) is 18.2 Å². The molecule has 76 valence electrons. The second-order valence-corrected chi connectivity index (χ2v) is 3.74. The van der Waals surface area contributed by atoms with Crippen molar-refractivity contribution in [2.75, 3.05) is 19.8 Å². The van der Waals surface area contributed by atoms with Gasteiger partial charge in [-0.3, -0.25) is 10.1 Å². The largest absolute Gasteiger partial charge is 0.370 e. The molecular formula is C10H13NO3. The van der Waals surface area contributed by atoms with E-state index in [-0.39, 0.29) is 18.1 Å². The first-order chi connectivity index (χ1) is 6.75. The molecular weight excluding hydrogens is 182 g/mol. The molecule has 2 bridgehead atoms. The minimum atomic E-state index is -0.352. The van der Waals surface area contributed by atoms with Gasteiger partial charge in [0.05, 0.1) is 6.61 Å². The molecule has 0 heterocycles. The number of nitro groups is 1. The van der Waals surface area contributed by atoms with Crippen LogP contribution >= 0.6 is 0 Å². The minimum Gasteiger partial charge on any atom is -0.370 e. The molecule has 4 heteroatoms. The monoisotopic (exact) mass is 195 g/mol. The average molecular weight is 195 g/mol. The highest BCUT2D eigenvalue weighted by Gasteiger charge is 2.27. The molecule has 0 unspecified atom stereocenters. The van der Waals surface area contributed by atoms with Crippen LogP contribution in [0.25, 0.3) is 0 Å². The SMILES string of the molecule is O=[N+]([O-])CCOCC1=C[C@H]2C=C[C@@H]1C2. The summed E-state index contributed by atoms with van der Waals surface area (Å²) in [4.78, 5) is 9.67. The molecule has 2 aliphatic carbocycles. The van der Waals surface area contributed by atoms with Gasteiger partial charge in [-0.15, -0.1) is 0 Å². The van der Waals surface area contributed by atoms with Crippen molar-refractivity contribution in [2.45, 2.75) is 6.42 Å². The lowest BCUT2D eigenvalue weighted by Gasteiger charge is -2.09. The van der Waals surface area contributed by atoms with Gasteiger partial charge in [-0.05, 0) is 17.9 Å². The van der Waals surface area contributed by atoms with Crippen molar-refractivity contribution < 1.29 is 9.66 Å². The Balaban J connectivity index is 1.68. The molecule has 14 heavy (non-hydrogen) atoms. The van der Waals surface area contributed by atoms with Crippen LogP contribution in [-0.4, -0.2) is 24.7 Å². The Morgan fingerprint density at radius 3 is 3.00 bits per heavy atom. The van der Waals surface area contributed by atoms with Crippen LogP contribution < -0.4 is 0 Å². The highest BCUT2D eigenvalue weighted by molar-refractivity contribution is 5.30. The highest BCUT2D eigenvalue weighted by atomic mass is 16.6. The summed E-state index contributed by atoms with van der Waals surface area (Å²) in [5.74, 6) is 1.13. The van der Waals surface area contributed by atoms with Gasteiger partial charge >= 0.3 is 0 Å². The summed E-state index contributed by atoms with van der Waals surface area (Å²) in [6, 6.07) is 0.